The summed E-state index contributed by atoms with van der Waals surface area (Å²) in [6, 6.07) is 22.9. The van der Waals surface area contributed by atoms with Crippen molar-refractivity contribution in [3.8, 4) is 17.9 Å². The Morgan fingerprint density at radius 2 is 1.70 bits per heavy atom. The van der Waals surface area contributed by atoms with Gasteiger partial charge in [-0.25, -0.2) is 0 Å². The highest BCUT2D eigenvalue weighted by molar-refractivity contribution is 9.10. The van der Waals surface area contributed by atoms with Crippen LogP contribution in [-0.2, 0) is 16.1 Å². The average Bonchev–Trinajstić information content (AvgIpc) is 3.18. The highest BCUT2D eigenvalue weighted by Crippen LogP contribution is 2.39. The molecule has 2 N–H and O–H groups in total. The van der Waals surface area contributed by atoms with Crippen molar-refractivity contribution in [1.29, 1.82) is 10.5 Å². The Bertz CT molecular complexity index is 1900. The van der Waals surface area contributed by atoms with Gasteiger partial charge < -0.3 is 25.2 Å². The minimum absolute atomic E-state index is 0. The molecule has 1 aliphatic heterocycles. The number of nitriles is 2. The molecule has 46 heavy (non-hydrogen) atoms. The summed E-state index contributed by atoms with van der Waals surface area (Å²) in [5, 5.41) is 26.5. The quantitative estimate of drug-likeness (QED) is 0.275. The predicted molar refractivity (Wildman–Crippen MR) is 181 cm³/mol. The fraction of sp³-hybridized carbons (Fsp3) is 0.206. The third-order valence-corrected chi connectivity index (χ3v) is 8.57. The summed E-state index contributed by atoms with van der Waals surface area (Å²) in [5.74, 6) is -0.764. The number of carbonyl (C=O) groups excluding carboxylic acids is 3. The molecule has 0 fully saturated rings. The lowest BCUT2D eigenvalue weighted by Gasteiger charge is -2.27. The van der Waals surface area contributed by atoms with Gasteiger partial charge in [0.2, 0.25) is 5.91 Å². The first-order valence-electron chi connectivity index (χ1n) is 14.1. The van der Waals surface area contributed by atoms with Crippen molar-refractivity contribution < 1.29 is 19.1 Å². The minimum Gasteiger partial charge on any atom is -0.496 e. The SMILES string of the molecule is CNC(C)C(=O)NC1CN(C(=O)c2ccc(C#N)cc2)c2cc(C#N)ccc2N(Cc2c(OC)ccc3c(Br)cccc23)C1=O.Cl. The molecule has 1 heterocycles. The van der Waals surface area contributed by atoms with E-state index in [1.807, 2.05) is 36.4 Å². The van der Waals surface area contributed by atoms with Crippen molar-refractivity contribution in [2.24, 2.45) is 0 Å². The summed E-state index contributed by atoms with van der Waals surface area (Å²) in [6.45, 7) is 1.51. The van der Waals surface area contributed by atoms with Gasteiger partial charge in [0.1, 0.15) is 11.8 Å². The summed E-state index contributed by atoms with van der Waals surface area (Å²) < 4.78 is 6.61. The number of methoxy groups -OCH3 is 1. The van der Waals surface area contributed by atoms with E-state index in [4.69, 9.17) is 4.74 Å². The smallest absolute Gasteiger partial charge is 0.258 e. The van der Waals surface area contributed by atoms with Gasteiger partial charge in [0, 0.05) is 15.6 Å². The van der Waals surface area contributed by atoms with Gasteiger partial charge in [-0.2, -0.15) is 10.5 Å². The molecule has 12 heteroatoms. The number of hydrogen-bond donors (Lipinski definition) is 2. The van der Waals surface area contributed by atoms with E-state index < -0.39 is 29.8 Å². The molecule has 0 radical (unpaired) electrons. The van der Waals surface area contributed by atoms with Crippen molar-refractivity contribution in [2.45, 2.75) is 25.6 Å². The van der Waals surface area contributed by atoms with E-state index in [2.05, 4.69) is 32.6 Å². The fourth-order valence-electron chi connectivity index (χ4n) is 5.31. The molecule has 4 aromatic rings. The molecule has 5 rings (SSSR count). The summed E-state index contributed by atoms with van der Waals surface area (Å²) in [4.78, 5) is 44.7. The Kier molecular flexibility index (Phi) is 10.7. The molecule has 0 saturated carbocycles. The Labute approximate surface area is 281 Å². The normalized spacial score (nSPS) is 14.7. The van der Waals surface area contributed by atoms with Crippen LogP contribution in [0.4, 0.5) is 11.4 Å². The zero-order valence-corrected chi connectivity index (χ0v) is 27.6. The lowest BCUT2D eigenvalue weighted by atomic mass is 10.0. The van der Waals surface area contributed by atoms with Gasteiger partial charge in [-0.1, -0.05) is 28.1 Å². The number of carbonyl (C=O) groups is 3. The van der Waals surface area contributed by atoms with Crippen LogP contribution in [0.25, 0.3) is 10.8 Å². The fourth-order valence-corrected chi connectivity index (χ4v) is 5.81. The molecule has 234 valence electrons. The van der Waals surface area contributed by atoms with Gasteiger partial charge in [-0.3, -0.25) is 14.4 Å². The van der Waals surface area contributed by atoms with Crippen molar-refractivity contribution in [3.05, 3.63) is 99.5 Å². The van der Waals surface area contributed by atoms with Gasteiger partial charge in [0.15, 0.2) is 0 Å². The molecular formula is C34H30BrClN6O4. The summed E-state index contributed by atoms with van der Waals surface area (Å²) in [5.41, 5.74) is 2.39. The molecule has 4 aromatic carbocycles. The third-order valence-electron chi connectivity index (χ3n) is 7.88. The summed E-state index contributed by atoms with van der Waals surface area (Å²) in [7, 11) is 3.19. The largest absolute Gasteiger partial charge is 0.496 e. The number of fused-ring (bicyclic) bond motifs is 2. The Balaban J connectivity index is 0.00000480. The molecule has 10 nitrogen and oxygen atoms in total. The maximum Gasteiger partial charge on any atom is 0.258 e. The van der Waals surface area contributed by atoms with Crippen LogP contribution in [0.2, 0.25) is 0 Å². The Hall–Kier alpha value is -4.94. The third kappa shape index (κ3) is 6.53. The van der Waals surface area contributed by atoms with Crippen LogP contribution >= 0.6 is 28.3 Å². The average molecular weight is 702 g/mol. The van der Waals surface area contributed by atoms with Gasteiger partial charge >= 0.3 is 0 Å². The predicted octanol–water partition coefficient (Wildman–Crippen LogP) is 5.06. The first-order valence-corrected chi connectivity index (χ1v) is 14.9. The van der Waals surface area contributed by atoms with E-state index in [1.165, 1.54) is 34.1 Å². The number of anilines is 2. The van der Waals surface area contributed by atoms with Crippen LogP contribution in [0.5, 0.6) is 5.75 Å². The van der Waals surface area contributed by atoms with Crippen LogP contribution in [0.15, 0.2) is 77.3 Å². The van der Waals surface area contributed by atoms with E-state index in [1.54, 1.807) is 39.3 Å². The van der Waals surface area contributed by atoms with Crippen molar-refractivity contribution in [3.63, 3.8) is 0 Å². The number of benzene rings is 4. The van der Waals surface area contributed by atoms with Crippen LogP contribution in [0, 0.1) is 22.7 Å². The zero-order chi connectivity index (χ0) is 32.2. The van der Waals surface area contributed by atoms with Gasteiger partial charge in [0.05, 0.1) is 60.9 Å². The monoisotopic (exact) mass is 700 g/mol. The first-order chi connectivity index (χ1) is 21.7. The summed E-state index contributed by atoms with van der Waals surface area (Å²) in [6.07, 6.45) is 0. The van der Waals surface area contributed by atoms with Crippen LogP contribution in [0.1, 0.15) is 34.0 Å². The summed E-state index contributed by atoms with van der Waals surface area (Å²) >= 11 is 3.61. The highest BCUT2D eigenvalue weighted by atomic mass is 79.9. The number of hydrogen-bond acceptors (Lipinski definition) is 7. The second-order valence-electron chi connectivity index (χ2n) is 10.5. The maximum absolute atomic E-state index is 14.5. The molecule has 0 aromatic heterocycles. The van der Waals surface area contributed by atoms with Crippen molar-refractivity contribution >= 4 is 68.2 Å². The molecule has 0 aliphatic carbocycles. The minimum atomic E-state index is -1.14. The second-order valence-corrected chi connectivity index (χ2v) is 11.4. The van der Waals surface area contributed by atoms with Gasteiger partial charge in [-0.15, -0.1) is 12.4 Å². The lowest BCUT2D eigenvalue weighted by molar-refractivity contribution is -0.128. The maximum atomic E-state index is 14.5. The molecule has 3 amide bonds. The topological polar surface area (TPSA) is 139 Å². The molecular weight excluding hydrogens is 672 g/mol. The van der Waals surface area contributed by atoms with Crippen LogP contribution < -0.4 is 25.2 Å². The first kappa shape index (κ1) is 33.9. The van der Waals surface area contributed by atoms with E-state index >= 15 is 0 Å². The van der Waals surface area contributed by atoms with Gasteiger partial charge in [-0.05, 0) is 85.4 Å². The Morgan fingerprint density at radius 1 is 1.00 bits per heavy atom. The number of halogens is 2. The number of rotatable bonds is 7. The van der Waals surface area contributed by atoms with Gasteiger partial charge in [0.25, 0.3) is 11.8 Å². The number of nitrogens with one attached hydrogen (secondary N) is 2. The Morgan fingerprint density at radius 3 is 2.35 bits per heavy atom. The molecule has 2 unspecified atom stereocenters. The highest BCUT2D eigenvalue weighted by Gasteiger charge is 2.38. The van der Waals surface area contributed by atoms with E-state index in [-0.39, 0.29) is 36.6 Å². The molecule has 1 aliphatic rings. The van der Waals surface area contributed by atoms with E-state index in [0.29, 0.717) is 22.7 Å². The molecule has 0 bridgehead atoms. The number of nitrogens with zero attached hydrogens (tertiary/aromatic N) is 4. The lowest BCUT2D eigenvalue weighted by Crippen LogP contribution is -2.55. The molecule has 0 spiro atoms. The zero-order valence-electron chi connectivity index (χ0n) is 25.2. The number of ether oxygens (including phenoxy) is 1. The van der Waals surface area contributed by atoms with Crippen molar-refractivity contribution in [2.75, 3.05) is 30.5 Å². The van der Waals surface area contributed by atoms with Crippen LogP contribution in [-0.4, -0.2) is 50.5 Å². The second kappa shape index (κ2) is 14.4. The van der Waals surface area contributed by atoms with E-state index in [0.717, 1.165) is 20.8 Å². The molecule has 2 atom stereocenters. The standard InChI is InChI=1S/C34H29BrN6O4.ClH/c1-20(38-2)32(42)39-28-19-41(33(43)23-10-7-21(16-36)8-11-23)30-15-22(17-37)9-13-29(30)40(34(28)44)18-26-24-5-4-6-27(35)25(24)12-14-31(26)45-3;/h4-15,20,28,38H,18-19H2,1-3H3,(H,39,42);1H. The number of likely N-dealkylation sites (N-methyl/N-ethyl adjacent to an activating group) is 1. The van der Waals surface area contributed by atoms with E-state index in [9.17, 15) is 24.9 Å². The van der Waals surface area contributed by atoms with Crippen molar-refractivity contribution in [1.82, 2.24) is 10.6 Å². The van der Waals surface area contributed by atoms with Crippen LogP contribution in [0.3, 0.4) is 0 Å². The number of amides is 3. The molecule has 0 saturated heterocycles.